The van der Waals surface area contributed by atoms with E-state index < -0.39 is 0 Å². The van der Waals surface area contributed by atoms with Crippen molar-refractivity contribution in [3.63, 3.8) is 0 Å². The molecule has 5 heteroatoms. The highest BCUT2D eigenvalue weighted by molar-refractivity contribution is 9.10. The number of nitrogens with zero attached hydrogens (tertiary/aromatic N) is 1. The van der Waals surface area contributed by atoms with Crippen LogP contribution in [0.25, 0.3) is 0 Å². The molecule has 0 atom stereocenters. The molecule has 2 aromatic rings. The average Bonchev–Trinajstić information content (AvgIpc) is 2.30. The fourth-order valence-corrected chi connectivity index (χ4v) is 1.97. The Morgan fingerprint density at radius 1 is 1.29 bits per heavy atom. The van der Waals surface area contributed by atoms with E-state index in [9.17, 15) is 4.39 Å². The number of hydrogen-bond acceptors (Lipinski definition) is 2. The summed E-state index contributed by atoms with van der Waals surface area (Å²) >= 11 is 9.33. The molecule has 1 aromatic carbocycles. The van der Waals surface area contributed by atoms with Crippen molar-refractivity contribution >= 4 is 33.2 Å². The van der Waals surface area contributed by atoms with E-state index in [0.29, 0.717) is 17.3 Å². The minimum Gasteiger partial charge on any atom is -0.380 e. The van der Waals surface area contributed by atoms with Crippen molar-refractivity contribution < 1.29 is 4.39 Å². The molecule has 1 heterocycles. The number of aromatic nitrogens is 1. The number of benzene rings is 1. The van der Waals surface area contributed by atoms with Crippen LogP contribution in [0.15, 0.2) is 41.1 Å². The summed E-state index contributed by atoms with van der Waals surface area (Å²) in [5.74, 6) is -0.361. The summed E-state index contributed by atoms with van der Waals surface area (Å²) in [6.07, 6.45) is 2.74. The number of rotatable bonds is 3. The molecule has 0 amide bonds. The van der Waals surface area contributed by atoms with E-state index in [4.69, 9.17) is 11.6 Å². The van der Waals surface area contributed by atoms with Gasteiger partial charge in [0.15, 0.2) is 0 Å². The standard InChI is InChI=1S/C12H9BrClFN2/c13-12-2-1-9(14)3-8(12)5-17-11-4-10(15)6-16-7-11/h1-4,6-7,17H,5H2. The van der Waals surface area contributed by atoms with Gasteiger partial charge in [0.2, 0.25) is 0 Å². The van der Waals surface area contributed by atoms with Crippen LogP contribution in [-0.4, -0.2) is 4.98 Å². The van der Waals surface area contributed by atoms with Crippen LogP contribution in [0.3, 0.4) is 0 Å². The van der Waals surface area contributed by atoms with Gasteiger partial charge < -0.3 is 5.32 Å². The van der Waals surface area contributed by atoms with Crippen molar-refractivity contribution in [3.8, 4) is 0 Å². The number of halogens is 3. The predicted molar refractivity (Wildman–Crippen MR) is 70.7 cm³/mol. The number of pyridine rings is 1. The Labute approximate surface area is 112 Å². The molecule has 0 unspecified atom stereocenters. The molecule has 1 aromatic heterocycles. The van der Waals surface area contributed by atoms with Gasteiger partial charge in [-0.05, 0) is 23.8 Å². The quantitative estimate of drug-likeness (QED) is 0.916. The monoisotopic (exact) mass is 314 g/mol. The summed E-state index contributed by atoms with van der Waals surface area (Å²) in [6, 6.07) is 6.93. The van der Waals surface area contributed by atoms with Crippen LogP contribution in [-0.2, 0) is 6.54 Å². The normalized spacial score (nSPS) is 10.3. The third-order valence-corrected chi connectivity index (χ3v) is 3.20. The van der Waals surface area contributed by atoms with Crippen molar-refractivity contribution in [1.82, 2.24) is 4.98 Å². The fourth-order valence-electron chi connectivity index (χ4n) is 1.38. The maximum Gasteiger partial charge on any atom is 0.143 e. The first-order valence-electron chi connectivity index (χ1n) is 4.93. The maximum atomic E-state index is 12.9. The van der Waals surface area contributed by atoms with E-state index in [1.54, 1.807) is 12.3 Å². The molecule has 0 aliphatic carbocycles. The lowest BCUT2D eigenvalue weighted by atomic mass is 10.2. The van der Waals surface area contributed by atoms with Crippen LogP contribution in [0.1, 0.15) is 5.56 Å². The second-order valence-electron chi connectivity index (χ2n) is 3.48. The van der Waals surface area contributed by atoms with E-state index in [0.717, 1.165) is 10.0 Å². The van der Waals surface area contributed by atoms with Crippen LogP contribution in [0.2, 0.25) is 5.02 Å². The number of nitrogens with one attached hydrogen (secondary N) is 1. The summed E-state index contributed by atoms with van der Waals surface area (Å²) in [4.78, 5) is 3.76. The molecule has 2 rings (SSSR count). The smallest absolute Gasteiger partial charge is 0.143 e. The topological polar surface area (TPSA) is 24.9 Å². The lowest BCUT2D eigenvalue weighted by molar-refractivity contribution is 0.622. The summed E-state index contributed by atoms with van der Waals surface area (Å²) in [7, 11) is 0. The van der Waals surface area contributed by atoms with Crippen molar-refractivity contribution in [2.45, 2.75) is 6.54 Å². The van der Waals surface area contributed by atoms with Gasteiger partial charge in [0, 0.05) is 22.1 Å². The second-order valence-corrected chi connectivity index (χ2v) is 4.77. The largest absolute Gasteiger partial charge is 0.380 e. The fraction of sp³-hybridized carbons (Fsp3) is 0.0833. The maximum absolute atomic E-state index is 12.9. The first-order valence-corrected chi connectivity index (χ1v) is 6.10. The summed E-state index contributed by atoms with van der Waals surface area (Å²) < 4.78 is 13.9. The van der Waals surface area contributed by atoms with Gasteiger partial charge in [-0.2, -0.15) is 0 Å². The first-order chi connectivity index (χ1) is 8.15. The first kappa shape index (κ1) is 12.3. The molecule has 88 valence electrons. The Balaban J connectivity index is 2.09. The third-order valence-electron chi connectivity index (χ3n) is 2.20. The highest BCUT2D eigenvalue weighted by Crippen LogP contribution is 2.22. The van der Waals surface area contributed by atoms with Gasteiger partial charge in [-0.1, -0.05) is 27.5 Å². The van der Waals surface area contributed by atoms with Crippen molar-refractivity contribution in [3.05, 3.63) is 57.5 Å². The molecule has 2 nitrogen and oxygen atoms in total. The molecule has 0 saturated carbocycles. The average molecular weight is 316 g/mol. The van der Waals surface area contributed by atoms with Crippen LogP contribution in [0.5, 0.6) is 0 Å². The van der Waals surface area contributed by atoms with E-state index >= 15 is 0 Å². The van der Waals surface area contributed by atoms with Gasteiger partial charge in [0.1, 0.15) is 5.82 Å². The molecule has 0 aliphatic rings. The Hall–Kier alpha value is -1.13. The van der Waals surface area contributed by atoms with Gasteiger partial charge in [0.05, 0.1) is 18.1 Å². The number of anilines is 1. The van der Waals surface area contributed by atoms with Crippen LogP contribution in [0.4, 0.5) is 10.1 Å². The third kappa shape index (κ3) is 3.41. The zero-order valence-corrected chi connectivity index (χ0v) is 11.1. The Morgan fingerprint density at radius 2 is 2.12 bits per heavy atom. The molecular weight excluding hydrogens is 307 g/mol. The molecular formula is C12H9BrClFN2. The van der Waals surface area contributed by atoms with Gasteiger partial charge in [-0.25, -0.2) is 4.39 Å². The summed E-state index contributed by atoms with van der Waals surface area (Å²) in [5.41, 5.74) is 1.64. The van der Waals surface area contributed by atoms with E-state index in [1.807, 2.05) is 12.1 Å². The Kier molecular flexibility index (Phi) is 3.97. The lowest BCUT2D eigenvalue weighted by Crippen LogP contribution is -2.01. The molecule has 0 saturated heterocycles. The molecule has 17 heavy (non-hydrogen) atoms. The van der Waals surface area contributed by atoms with Crippen molar-refractivity contribution in [2.75, 3.05) is 5.32 Å². The Bertz CT molecular complexity index is 534. The van der Waals surface area contributed by atoms with E-state index in [1.165, 1.54) is 12.3 Å². The molecule has 0 radical (unpaired) electrons. The summed E-state index contributed by atoms with van der Waals surface area (Å²) in [6.45, 7) is 0.548. The van der Waals surface area contributed by atoms with Gasteiger partial charge in [-0.3, -0.25) is 4.98 Å². The molecule has 0 aliphatic heterocycles. The zero-order chi connectivity index (χ0) is 12.3. The minimum absolute atomic E-state index is 0.361. The van der Waals surface area contributed by atoms with Gasteiger partial charge >= 0.3 is 0 Å². The molecule has 0 fully saturated rings. The van der Waals surface area contributed by atoms with Crippen molar-refractivity contribution in [2.24, 2.45) is 0 Å². The SMILES string of the molecule is Fc1cncc(NCc2cc(Cl)ccc2Br)c1. The van der Waals surface area contributed by atoms with Gasteiger partial charge in [-0.15, -0.1) is 0 Å². The number of hydrogen-bond donors (Lipinski definition) is 1. The summed E-state index contributed by atoms with van der Waals surface area (Å²) in [5, 5.41) is 3.75. The highest BCUT2D eigenvalue weighted by atomic mass is 79.9. The lowest BCUT2D eigenvalue weighted by Gasteiger charge is -2.08. The van der Waals surface area contributed by atoms with Gasteiger partial charge in [0.25, 0.3) is 0 Å². The minimum atomic E-state index is -0.361. The highest BCUT2D eigenvalue weighted by Gasteiger charge is 2.01. The second kappa shape index (κ2) is 5.47. The van der Waals surface area contributed by atoms with Crippen molar-refractivity contribution in [1.29, 1.82) is 0 Å². The molecule has 0 spiro atoms. The zero-order valence-electron chi connectivity index (χ0n) is 8.75. The van der Waals surface area contributed by atoms with E-state index in [2.05, 4.69) is 26.2 Å². The Morgan fingerprint density at radius 3 is 2.88 bits per heavy atom. The van der Waals surface area contributed by atoms with Crippen LogP contribution >= 0.6 is 27.5 Å². The molecule has 1 N–H and O–H groups in total. The van der Waals surface area contributed by atoms with E-state index in [-0.39, 0.29) is 5.82 Å². The molecule has 0 bridgehead atoms. The van der Waals surface area contributed by atoms with Crippen LogP contribution in [0, 0.1) is 5.82 Å². The predicted octanol–water partition coefficient (Wildman–Crippen LogP) is 4.25. The van der Waals surface area contributed by atoms with Crippen LogP contribution < -0.4 is 5.32 Å².